The zero-order valence-electron chi connectivity index (χ0n) is 45.4. The molecular weight excluding hydrogens is 1030 g/mol. The summed E-state index contributed by atoms with van der Waals surface area (Å²) in [6.07, 6.45) is -28.4. The molecule has 24 heteroatoms. The monoisotopic (exact) mass is 1120 g/mol. The lowest BCUT2D eigenvalue weighted by atomic mass is 9.33. The smallest absolute Gasteiger partial charge is 0.310 e. The fraction of sp³-hybridized carbons (Fsp3) is 0.944. The van der Waals surface area contributed by atoms with E-state index in [-0.39, 0.29) is 46.0 Å². The molecule has 29 atom stereocenters. The van der Waals surface area contributed by atoms with Crippen molar-refractivity contribution in [1.29, 1.82) is 0 Å². The molecule has 0 spiro atoms. The van der Waals surface area contributed by atoms with Gasteiger partial charge in [-0.2, -0.15) is 0 Å². The lowest BCUT2D eigenvalue weighted by Gasteiger charge is -2.71. The second-order valence-electron chi connectivity index (χ2n) is 26.1. The Morgan fingerprint density at radius 1 is 0.526 bits per heavy atom. The summed E-state index contributed by atoms with van der Waals surface area (Å²) in [5, 5.41) is 163. The lowest BCUT2D eigenvalue weighted by Crippen LogP contribution is -2.69. The van der Waals surface area contributed by atoms with Crippen molar-refractivity contribution in [3.05, 3.63) is 11.6 Å². The summed E-state index contributed by atoms with van der Waals surface area (Å²) >= 11 is 0. The highest BCUT2D eigenvalue weighted by molar-refractivity contribution is 5.76. The van der Waals surface area contributed by atoms with Gasteiger partial charge in [-0.15, -0.1) is 0 Å². The van der Waals surface area contributed by atoms with E-state index in [1.807, 2.05) is 6.92 Å². The normalized spacial score (nSPS) is 54.2. The van der Waals surface area contributed by atoms with Crippen LogP contribution < -0.4 is 0 Å². The Hall–Kier alpha value is -1.67. The van der Waals surface area contributed by atoms with Crippen molar-refractivity contribution in [2.24, 2.45) is 50.2 Å². The van der Waals surface area contributed by atoms with E-state index in [4.69, 9.17) is 37.9 Å². The number of rotatable bonds is 14. The molecule has 448 valence electrons. The summed E-state index contributed by atoms with van der Waals surface area (Å²) in [7, 11) is 0. The van der Waals surface area contributed by atoms with Gasteiger partial charge >= 0.3 is 5.97 Å². The quantitative estimate of drug-likeness (QED) is 0.0632. The third-order valence-corrected chi connectivity index (χ3v) is 21.6. The topological polar surface area (TPSA) is 394 Å². The summed E-state index contributed by atoms with van der Waals surface area (Å²) < 4.78 is 48.8. The van der Waals surface area contributed by atoms with Gasteiger partial charge in [0, 0.05) is 5.41 Å². The predicted octanol–water partition coefficient (Wildman–Crippen LogP) is -2.50. The molecule has 9 rings (SSSR count). The third-order valence-electron chi connectivity index (χ3n) is 21.6. The van der Waals surface area contributed by atoms with Gasteiger partial charge in [-0.05, 0) is 104 Å². The number of hydrogen-bond acceptors (Lipinski definition) is 23. The molecule has 0 radical (unpaired) electrons. The van der Waals surface area contributed by atoms with Crippen LogP contribution >= 0.6 is 0 Å². The number of fused-ring (bicyclic) bond motifs is 7. The fourth-order valence-electron chi connectivity index (χ4n) is 16.6. The van der Waals surface area contributed by atoms with Gasteiger partial charge < -0.3 is 114 Å². The summed E-state index contributed by atoms with van der Waals surface area (Å²) in [5.41, 5.74) is -1.47. The van der Waals surface area contributed by atoms with Crippen LogP contribution in [0.15, 0.2) is 11.6 Å². The third kappa shape index (κ3) is 9.76. The molecule has 4 saturated carbocycles. The van der Waals surface area contributed by atoms with E-state index >= 15 is 0 Å². The molecule has 5 aliphatic carbocycles. The number of allylic oxidation sites excluding steroid dienone is 2. The second-order valence-corrected chi connectivity index (χ2v) is 26.1. The molecule has 0 aromatic carbocycles. The Labute approximate surface area is 453 Å². The lowest BCUT2D eigenvalue weighted by molar-refractivity contribution is -0.405. The van der Waals surface area contributed by atoms with E-state index in [0.29, 0.717) is 32.1 Å². The van der Waals surface area contributed by atoms with E-state index in [1.165, 1.54) is 5.57 Å². The molecule has 24 nitrogen and oxygen atoms in total. The van der Waals surface area contributed by atoms with Crippen LogP contribution in [0.1, 0.15) is 106 Å². The van der Waals surface area contributed by atoms with E-state index in [1.54, 1.807) is 0 Å². The summed E-state index contributed by atoms with van der Waals surface area (Å²) in [5.74, 6) is -0.851. The Balaban J connectivity index is 1.03. The SMILES string of the molecule is CC1(C)CC[C@]2(C(=O)O)CC[C@]3(C)C(=CC[C@@H]4[C@@]5(C)CC[C@H](O[C@@H]6O[C@H](CO)[C@@H](O)[C@H](O[C@@H]7O[C@H](CO)[C@@H](O)[C@H](O[C@@H]8O[C@H](CO)[C@@H](O)[C@H](O)[C@H]8O)[C@H]7O)[C@H]6O[C@H]6O[C@H](CO)[C@@H](O)[C@H](O)[C@H]6O)[C@@](C)(CO)[C@@H]5CC[C@]43C)[C@@H]2C1. The van der Waals surface area contributed by atoms with Gasteiger partial charge in [0.15, 0.2) is 25.2 Å². The molecule has 0 unspecified atom stereocenters. The molecule has 8 fully saturated rings. The van der Waals surface area contributed by atoms with E-state index < -0.39 is 172 Å². The first-order valence-corrected chi connectivity index (χ1v) is 28.0. The molecule has 0 bridgehead atoms. The number of carboxylic acid groups (broad SMARTS) is 1. The predicted molar refractivity (Wildman–Crippen MR) is 265 cm³/mol. The number of carbonyl (C=O) groups is 1. The molecular formula is C54H88O24. The summed E-state index contributed by atoms with van der Waals surface area (Å²) in [4.78, 5) is 13.3. The molecule has 4 aliphatic heterocycles. The number of aliphatic carboxylic acids is 1. The molecule has 4 heterocycles. The van der Waals surface area contributed by atoms with E-state index in [9.17, 15) is 81.4 Å². The molecule has 0 aromatic rings. The number of aliphatic hydroxyl groups excluding tert-OH is 14. The van der Waals surface area contributed by atoms with Crippen LogP contribution in [0.2, 0.25) is 0 Å². The number of ether oxygens (including phenoxy) is 8. The van der Waals surface area contributed by atoms with Gasteiger partial charge in [0.1, 0.15) is 97.7 Å². The van der Waals surface area contributed by atoms with Gasteiger partial charge in [-0.3, -0.25) is 4.79 Å². The Kier molecular flexibility index (Phi) is 17.5. The van der Waals surface area contributed by atoms with Crippen LogP contribution in [0.3, 0.4) is 0 Å². The first-order chi connectivity index (χ1) is 36.6. The Morgan fingerprint density at radius 2 is 1.01 bits per heavy atom. The molecule has 9 aliphatic rings. The molecule has 15 N–H and O–H groups in total. The van der Waals surface area contributed by atoms with Gasteiger partial charge in [-0.1, -0.05) is 53.2 Å². The fourth-order valence-corrected chi connectivity index (χ4v) is 16.6. The highest BCUT2D eigenvalue weighted by Crippen LogP contribution is 2.76. The van der Waals surface area contributed by atoms with Crippen molar-refractivity contribution in [3.63, 3.8) is 0 Å². The van der Waals surface area contributed by atoms with Crippen LogP contribution in [0, 0.1) is 50.2 Å². The van der Waals surface area contributed by atoms with Crippen LogP contribution in [0.25, 0.3) is 0 Å². The Bertz CT molecular complexity index is 2130. The largest absolute Gasteiger partial charge is 0.481 e. The first-order valence-electron chi connectivity index (χ1n) is 28.0. The van der Waals surface area contributed by atoms with Crippen molar-refractivity contribution in [3.8, 4) is 0 Å². The minimum Gasteiger partial charge on any atom is -0.481 e. The maximum atomic E-state index is 13.3. The number of carboxylic acids is 1. The van der Waals surface area contributed by atoms with Crippen LogP contribution in [0.4, 0.5) is 0 Å². The highest BCUT2D eigenvalue weighted by atomic mass is 16.8. The first kappa shape index (κ1) is 60.9. The Morgan fingerprint density at radius 3 is 1.55 bits per heavy atom. The maximum absolute atomic E-state index is 13.3. The molecule has 0 aromatic heterocycles. The van der Waals surface area contributed by atoms with Crippen LogP contribution in [-0.2, 0) is 42.7 Å². The minimum absolute atomic E-state index is 0.0105. The van der Waals surface area contributed by atoms with Crippen LogP contribution in [0.5, 0.6) is 0 Å². The van der Waals surface area contributed by atoms with Gasteiger partial charge in [-0.25, -0.2) is 0 Å². The minimum atomic E-state index is -2.12. The zero-order chi connectivity index (χ0) is 57.0. The van der Waals surface area contributed by atoms with Gasteiger partial charge in [0.05, 0.1) is 44.6 Å². The zero-order valence-corrected chi connectivity index (χ0v) is 45.4. The van der Waals surface area contributed by atoms with E-state index in [0.717, 1.165) is 32.1 Å². The van der Waals surface area contributed by atoms with Crippen molar-refractivity contribution < 1.29 is 119 Å². The summed E-state index contributed by atoms with van der Waals surface area (Å²) in [6, 6.07) is 0. The van der Waals surface area contributed by atoms with Crippen molar-refractivity contribution in [2.45, 2.75) is 235 Å². The maximum Gasteiger partial charge on any atom is 0.310 e. The average molecular weight is 1120 g/mol. The number of hydrogen-bond donors (Lipinski definition) is 15. The highest BCUT2D eigenvalue weighted by Gasteiger charge is 2.70. The van der Waals surface area contributed by atoms with Crippen LogP contribution in [-0.4, -0.2) is 245 Å². The van der Waals surface area contributed by atoms with E-state index in [2.05, 4.69) is 40.7 Å². The van der Waals surface area contributed by atoms with Gasteiger partial charge in [0.2, 0.25) is 0 Å². The molecule has 78 heavy (non-hydrogen) atoms. The second kappa shape index (κ2) is 22.4. The molecule has 0 amide bonds. The summed E-state index contributed by atoms with van der Waals surface area (Å²) in [6.45, 7) is 9.56. The van der Waals surface area contributed by atoms with Crippen molar-refractivity contribution in [1.82, 2.24) is 0 Å². The number of aliphatic hydroxyl groups is 14. The standard InChI is InChI=1S/C54H88O24/c1-49(2)13-15-54(48(69)70)16-14-52(5)23(24(54)17-49)7-8-30-50(3)11-10-31(51(4,22-59)29(50)9-12-53(30,52)6)75-47-43(78-45-39(67)37(65)33(61)26(19-56)72-45)42(35(63)28(21-58)74-47)77-46-40(68)41(34(62)27(20-57)73-46)76-44-38(66)36(64)32(60)25(18-55)71-44/h7,24-47,55-68H,8-22H2,1-6H3,(H,69,70)/t24-,25+,26+,27+,28+,29+,30+,31-,32+,33+,34+,35+,36-,37-,38+,39+,40+,41-,42-,43+,44-,45+,46-,47-,50-,51-,52+,53+,54-/m0/s1. The van der Waals surface area contributed by atoms with Crippen molar-refractivity contribution in [2.75, 3.05) is 33.0 Å². The van der Waals surface area contributed by atoms with Gasteiger partial charge in [0.25, 0.3) is 0 Å². The molecule has 4 saturated heterocycles. The van der Waals surface area contributed by atoms with Crippen molar-refractivity contribution >= 4 is 5.97 Å². The average Bonchev–Trinajstić information content (AvgIpc) is 3.52.